The number of amides is 2. The summed E-state index contributed by atoms with van der Waals surface area (Å²) in [5, 5.41) is 12.6. The van der Waals surface area contributed by atoms with Crippen LogP contribution in [0.15, 0.2) is 42.5 Å². The van der Waals surface area contributed by atoms with Gasteiger partial charge in [-0.25, -0.2) is 9.18 Å². The average molecular weight is 483 g/mol. The normalized spacial score (nSPS) is 17.6. The fraction of sp³-hybridized carbons (Fsp3) is 0.318. The summed E-state index contributed by atoms with van der Waals surface area (Å²) >= 11 is 0. The summed E-state index contributed by atoms with van der Waals surface area (Å²) in [5.74, 6) is -4.49. The number of benzene rings is 2. The van der Waals surface area contributed by atoms with Crippen molar-refractivity contribution in [3.63, 3.8) is 0 Å². The van der Waals surface area contributed by atoms with Gasteiger partial charge in [0.1, 0.15) is 5.82 Å². The number of halogens is 4. The Balaban J connectivity index is 0.000000406. The third-order valence-electron chi connectivity index (χ3n) is 5.12. The van der Waals surface area contributed by atoms with E-state index in [-0.39, 0.29) is 18.2 Å². The second kappa shape index (κ2) is 10.5. The molecule has 34 heavy (non-hydrogen) atoms. The van der Waals surface area contributed by atoms with Gasteiger partial charge in [0.25, 0.3) is 0 Å². The Morgan fingerprint density at radius 1 is 1.09 bits per heavy atom. The van der Waals surface area contributed by atoms with Gasteiger partial charge in [-0.15, -0.1) is 0 Å². The summed E-state index contributed by atoms with van der Waals surface area (Å²) in [7, 11) is 0. The zero-order chi connectivity index (χ0) is 24.9. The fourth-order valence-corrected chi connectivity index (χ4v) is 3.47. The molecule has 2 heterocycles. The minimum atomic E-state index is -5.08. The Hall–Kier alpha value is -3.67. The Morgan fingerprint density at radius 2 is 1.71 bits per heavy atom. The largest absolute Gasteiger partial charge is 0.490 e. The molecule has 1 unspecified atom stereocenters. The molecule has 1 atom stereocenters. The lowest BCUT2D eigenvalue weighted by Crippen LogP contribution is -2.36. The van der Waals surface area contributed by atoms with Crippen molar-refractivity contribution in [2.24, 2.45) is 0 Å². The molecule has 2 aromatic rings. The molecule has 0 spiro atoms. The van der Waals surface area contributed by atoms with Crippen molar-refractivity contribution in [3.05, 3.63) is 53.8 Å². The van der Waals surface area contributed by atoms with E-state index < -0.39 is 23.9 Å². The lowest BCUT2D eigenvalue weighted by atomic mass is 9.89. The van der Waals surface area contributed by atoms with Crippen molar-refractivity contribution in [3.8, 4) is 0 Å². The molecule has 3 N–H and O–H groups in total. The van der Waals surface area contributed by atoms with Gasteiger partial charge in [0.2, 0.25) is 11.8 Å². The lowest BCUT2D eigenvalue weighted by molar-refractivity contribution is -0.192. The molecule has 2 aliphatic rings. The average Bonchev–Trinajstić information content (AvgIpc) is 2.79. The van der Waals surface area contributed by atoms with Crippen molar-refractivity contribution in [2.75, 3.05) is 41.8 Å². The van der Waals surface area contributed by atoms with Crippen LogP contribution >= 0.6 is 0 Å². The topological polar surface area (TPSA) is 108 Å². The van der Waals surface area contributed by atoms with E-state index in [1.165, 1.54) is 18.2 Å². The summed E-state index contributed by atoms with van der Waals surface area (Å²) in [4.78, 5) is 35.7. The number of ether oxygens (including phenoxy) is 1. The van der Waals surface area contributed by atoms with Gasteiger partial charge in [0.05, 0.1) is 19.1 Å². The predicted molar refractivity (Wildman–Crippen MR) is 114 cm³/mol. The molecule has 4 rings (SSSR count). The third-order valence-corrected chi connectivity index (χ3v) is 5.12. The number of morpholine rings is 1. The molecule has 1 fully saturated rings. The highest BCUT2D eigenvalue weighted by molar-refractivity contribution is 6.05. The number of carbonyl (C=O) groups is 3. The quantitative estimate of drug-likeness (QED) is 0.578. The van der Waals surface area contributed by atoms with E-state index in [9.17, 15) is 27.2 Å². The molecule has 2 amide bonds. The number of aliphatic carboxylic acids is 1. The number of nitrogens with one attached hydrogen (secondary N) is 2. The number of alkyl halides is 3. The Kier molecular flexibility index (Phi) is 7.72. The first-order chi connectivity index (χ1) is 16.0. The molecule has 0 aliphatic carbocycles. The number of rotatable bonds is 3. The Morgan fingerprint density at radius 3 is 2.29 bits per heavy atom. The maximum atomic E-state index is 13.6. The molecule has 0 radical (unpaired) electrons. The number of fused-ring (bicyclic) bond motifs is 1. The molecule has 8 nitrogen and oxygen atoms in total. The predicted octanol–water partition coefficient (Wildman–Crippen LogP) is 3.36. The minimum Gasteiger partial charge on any atom is -0.475 e. The number of anilines is 3. The van der Waals surface area contributed by atoms with Crippen LogP contribution in [0.3, 0.4) is 0 Å². The van der Waals surface area contributed by atoms with Crippen LogP contribution in [0.2, 0.25) is 0 Å². The number of nitrogens with zero attached hydrogens (tertiary/aromatic N) is 1. The fourth-order valence-electron chi connectivity index (χ4n) is 3.47. The van der Waals surface area contributed by atoms with Gasteiger partial charge in [0.15, 0.2) is 0 Å². The van der Waals surface area contributed by atoms with Gasteiger partial charge in [-0.3, -0.25) is 9.59 Å². The van der Waals surface area contributed by atoms with E-state index in [1.807, 2.05) is 24.3 Å². The first kappa shape index (κ1) is 25.0. The molecule has 12 heteroatoms. The first-order valence-corrected chi connectivity index (χ1v) is 10.2. The maximum absolute atomic E-state index is 13.6. The van der Waals surface area contributed by atoms with Crippen LogP contribution in [0, 0.1) is 5.82 Å². The van der Waals surface area contributed by atoms with Crippen molar-refractivity contribution >= 4 is 34.8 Å². The number of carbonyl (C=O) groups excluding carboxylic acids is 2. The van der Waals surface area contributed by atoms with Crippen molar-refractivity contribution in [1.29, 1.82) is 0 Å². The molecular weight excluding hydrogens is 462 g/mol. The zero-order valence-corrected chi connectivity index (χ0v) is 17.7. The first-order valence-electron chi connectivity index (χ1n) is 10.2. The van der Waals surface area contributed by atoms with Crippen LogP contribution in [0.5, 0.6) is 0 Å². The summed E-state index contributed by atoms with van der Waals surface area (Å²) in [5.41, 5.74) is 2.69. The summed E-state index contributed by atoms with van der Waals surface area (Å²) < 4.78 is 50.7. The molecule has 1 saturated heterocycles. The van der Waals surface area contributed by atoms with Crippen LogP contribution in [-0.4, -0.2) is 55.4 Å². The van der Waals surface area contributed by atoms with E-state index in [0.29, 0.717) is 30.2 Å². The molecule has 0 saturated carbocycles. The third kappa shape index (κ3) is 6.44. The standard InChI is InChI=1S/C20H20FN3O3.C2HF3O2/c21-13-1-6-18-16(11-13)17(12-19(25)23-18)20(26)22-14-2-4-15(5-3-14)24-7-9-27-10-8-24;3-2(4,5)1(6)7/h1-6,11,17H,7-10,12H2,(H,22,26)(H,23,25);(H,6,7). The Labute approximate surface area is 191 Å². The van der Waals surface area contributed by atoms with Crippen molar-refractivity contribution in [2.45, 2.75) is 18.5 Å². The highest BCUT2D eigenvalue weighted by Gasteiger charge is 2.38. The van der Waals surface area contributed by atoms with E-state index in [1.54, 1.807) is 0 Å². The summed E-state index contributed by atoms with van der Waals surface area (Å²) in [6.07, 6.45) is -5.09. The minimum absolute atomic E-state index is 0.00581. The van der Waals surface area contributed by atoms with Crippen molar-refractivity contribution in [1.82, 2.24) is 0 Å². The highest BCUT2D eigenvalue weighted by atomic mass is 19.4. The smallest absolute Gasteiger partial charge is 0.475 e. The second-order valence-corrected chi connectivity index (χ2v) is 7.47. The number of carboxylic acids is 1. The van der Waals surface area contributed by atoms with Gasteiger partial charge in [-0.05, 0) is 48.0 Å². The molecule has 2 aromatic carbocycles. The van der Waals surface area contributed by atoms with Gasteiger partial charge in [0, 0.05) is 36.6 Å². The molecular formula is C22H21F4N3O5. The van der Waals surface area contributed by atoms with E-state index in [0.717, 1.165) is 18.8 Å². The van der Waals surface area contributed by atoms with Gasteiger partial charge in [-0.2, -0.15) is 13.2 Å². The Bertz CT molecular complexity index is 1050. The number of carboxylic acid groups (broad SMARTS) is 1. The van der Waals surface area contributed by atoms with Crippen LogP contribution in [0.4, 0.5) is 34.6 Å². The van der Waals surface area contributed by atoms with Gasteiger partial charge >= 0.3 is 12.1 Å². The SMILES string of the molecule is O=C(O)C(F)(F)F.O=C1CC(C(=O)Nc2ccc(N3CCOCC3)cc2)c2cc(F)ccc2N1. The molecule has 182 valence electrons. The van der Waals surface area contributed by atoms with Crippen LogP contribution in [0.1, 0.15) is 17.9 Å². The second-order valence-electron chi connectivity index (χ2n) is 7.47. The van der Waals surface area contributed by atoms with Crippen LogP contribution in [-0.2, 0) is 19.1 Å². The summed E-state index contributed by atoms with van der Waals surface area (Å²) in [6.45, 7) is 3.09. The highest BCUT2D eigenvalue weighted by Crippen LogP contribution is 2.33. The summed E-state index contributed by atoms with van der Waals surface area (Å²) in [6, 6.07) is 11.6. The van der Waals surface area contributed by atoms with Gasteiger partial charge < -0.3 is 25.4 Å². The van der Waals surface area contributed by atoms with E-state index in [2.05, 4.69) is 15.5 Å². The molecule has 0 aromatic heterocycles. The molecule has 0 bridgehead atoms. The van der Waals surface area contributed by atoms with E-state index >= 15 is 0 Å². The van der Waals surface area contributed by atoms with Crippen LogP contribution in [0.25, 0.3) is 0 Å². The van der Waals surface area contributed by atoms with Crippen molar-refractivity contribution < 1.29 is 41.8 Å². The number of hydrogen-bond acceptors (Lipinski definition) is 5. The lowest BCUT2D eigenvalue weighted by Gasteiger charge is -2.29. The maximum Gasteiger partial charge on any atom is 0.490 e. The monoisotopic (exact) mass is 483 g/mol. The zero-order valence-electron chi connectivity index (χ0n) is 17.7. The van der Waals surface area contributed by atoms with Crippen LogP contribution < -0.4 is 15.5 Å². The molecule has 2 aliphatic heterocycles. The van der Waals surface area contributed by atoms with Gasteiger partial charge in [-0.1, -0.05) is 0 Å². The van der Waals surface area contributed by atoms with E-state index in [4.69, 9.17) is 14.6 Å². The number of hydrogen-bond donors (Lipinski definition) is 3.